The Balaban J connectivity index is 1.67. The van der Waals surface area contributed by atoms with Crippen molar-refractivity contribution < 1.29 is 8.42 Å². The van der Waals surface area contributed by atoms with Gasteiger partial charge in [-0.05, 0) is 29.9 Å². The number of sulfonamides is 1. The Morgan fingerprint density at radius 2 is 1.83 bits per heavy atom. The highest BCUT2D eigenvalue weighted by Gasteiger charge is 2.22. The van der Waals surface area contributed by atoms with Gasteiger partial charge in [0.15, 0.2) is 0 Å². The third kappa shape index (κ3) is 4.76. The Kier molecular flexibility index (Phi) is 4.37. The van der Waals surface area contributed by atoms with Crippen molar-refractivity contribution in [3.05, 3.63) is 35.4 Å². The average molecular weight is 268 g/mol. The zero-order valence-corrected chi connectivity index (χ0v) is 11.5. The summed E-state index contributed by atoms with van der Waals surface area (Å²) in [6.45, 7) is 1.84. The van der Waals surface area contributed by atoms with E-state index in [0.717, 1.165) is 12.5 Å². The van der Waals surface area contributed by atoms with Gasteiger partial charge >= 0.3 is 0 Å². The monoisotopic (exact) mass is 268 g/mol. The molecule has 1 aromatic rings. The van der Waals surface area contributed by atoms with Crippen molar-refractivity contribution in [1.29, 1.82) is 0 Å². The third-order valence-electron chi connectivity index (χ3n) is 3.02. The molecule has 1 aliphatic rings. The van der Waals surface area contributed by atoms with Gasteiger partial charge in [-0.1, -0.05) is 24.3 Å². The van der Waals surface area contributed by atoms with Gasteiger partial charge in [-0.3, -0.25) is 0 Å². The number of benzene rings is 1. The van der Waals surface area contributed by atoms with Crippen LogP contribution in [0.15, 0.2) is 24.3 Å². The largest absolute Gasteiger partial charge is 0.311 e. The Hall–Kier alpha value is -0.910. The van der Waals surface area contributed by atoms with Crippen LogP contribution in [-0.2, 0) is 16.6 Å². The molecule has 4 nitrogen and oxygen atoms in total. The van der Waals surface area contributed by atoms with Crippen LogP contribution in [0.3, 0.4) is 0 Å². The molecule has 5 heteroatoms. The highest BCUT2D eigenvalue weighted by molar-refractivity contribution is 7.88. The van der Waals surface area contributed by atoms with Crippen molar-refractivity contribution in [1.82, 2.24) is 10.0 Å². The fourth-order valence-electron chi connectivity index (χ4n) is 1.88. The molecule has 1 fully saturated rings. The highest BCUT2D eigenvalue weighted by Crippen LogP contribution is 2.39. The molecule has 2 N–H and O–H groups in total. The van der Waals surface area contributed by atoms with Crippen LogP contribution >= 0.6 is 0 Å². The SMILES string of the molecule is CS(=O)(=O)NCCNCc1ccc(C2CC2)cc1. The Morgan fingerprint density at radius 3 is 2.39 bits per heavy atom. The fraction of sp³-hybridized carbons (Fsp3) is 0.538. The molecule has 0 spiro atoms. The minimum Gasteiger partial charge on any atom is -0.311 e. The van der Waals surface area contributed by atoms with E-state index < -0.39 is 10.0 Å². The summed E-state index contributed by atoms with van der Waals surface area (Å²) < 4.78 is 24.1. The van der Waals surface area contributed by atoms with Gasteiger partial charge in [-0.25, -0.2) is 13.1 Å². The summed E-state index contributed by atoms with van der Waals surface area (Å²) in [5.74, 6) is 0.797. The van der Waals surface area contributed by atoms with Gasteiger partial charge in [-0.15, -0.1) is 0 Å². The second-order valence-corrected chi connectivity index (χ2v) is 6.69. The molecular formula is C13H20N2O2S. The van der Waals surface area contributed by atoms with Crippen LogP contribution in [0, 0.1) is 0 Å². The molecule has 1 aromatic carbocycles. The smallest absolute Gasteiger partial charge is 0.208 e. The lowest BCUT2D eigenvalue weighted by atomic mass is 10.1. The zero-order valence-electron chi connectivity index (χ0n) is 10.6. The van der Waals surface area contributed by atoms with E-state index in [2.05, 4.69) is 34.3 Å². The number of nitrogens with one attached hydrogen (secondary N) is 2. The second-order valence-electron chi connectivity index (χ2n) is 4.86. The summed E-state index contributed by atoms with van der Waals surface area (Å²) in [6.07, 6.45) is 3.83. The Morgan fingerprint density at radius 1 is 1.17 bits per heavy atom. The van der Waals surface area contributed by atoms with Crippen LogP contribution < -0.4 is 10.0 Å². The maximum Gasteiger partial charge on any atom is 0.208 e. The van der Waals surface area contributed by atoms with Crippen LogP contribution in [0.5, 0.6) is 0 Å². The Labute approximate surface area is 109 Å². The molecule has 1 saturated carbocycles. The fourth-order valence-corrected chi connectivity index (χ4v) is 2.35. The van der Waals surface area contributed by atoms with E-state index in [0.29, 0.717) is 13.1 Å². The van der Waals surface area contributed by atoms with Gasteiger partial charge in [0, 0.05) is 19.6 Å². The summed E-state index contributed by atoms with van der Waals surface area (Å²) in [5.41, 5.74) is 2.68. The van der Waals surface area contributed by atoms with E-state index in [9.17, 15) is 8.42 Å². The average Bonchev–Trinajstić information content (AvgIpc) is 3.12. The van der Waals surface area contributed by atoms with Gasteiger partial charge in [-0.2, -0.15) is 0 Å². The predicted octanol–water partition coefficient (Wildman–Crippen LogP) is 1.20. The minimum absolute atomic E-state index is 0.430. The van der Waals surface area contributed by atoms with Gasteiger partial charge in [0.1, 0.15) is 0 Å². The molecule has 0 amide bonds. The molecule has 18 heavy (non-hydrogen) atoms. The van der Waals surface area contributed by atoms with E-state index in [-0.39, 0.29) is 0 Å². The van der Waals surface area contributed by atoms with Crippen molar-refractivity contribution in [2.24, 2.45) is 0 Å². The summed E-state index contributed by atoms with van der Waals surface area (Å²) in [7, 11) is -3.07. The number of hydrogen-bond acceptors (Lipinski definition) is 3. The zero-order chi connectivity index (χ0) is 13.0. The van der Waals surface area contributed by atoms with E-state index in [1.54, 1.807) is 0 Å². The van der Waals surface area contributed by atoms with Gasteiger partial charge in [0.05, 0.1) is 6.26 Å². The molecule has 0 unspecified atom stereocenters. The van der Waals surface area contributed by atoms with E-state index in [4.69, 9.17) is 0 Å². The van der Waals surface area contributed by atoms with E-state index in [1.165, 1.54) is 30.2 Å². The first-order valence-corrected chi connectivity index (χ1v) is 8.18. The van der Waals surface area contributed by atoms with Crippen molar-refractivity contribution in [2.45, 2.75) is 25.3 Å². The summed E-state index contributed by atoms with van der Waals surface area (Å²) in [4.78, 5) is 0. The predicted molar refractivity (Wildman–Crippen MR) is 73.0 cm³/mol. The first kappa shape index (κ1) is 13.5. The molecule has 100 valence electrons. The lowest BCUT2D eigenvalue weighted by Gasteiger charge is -2.06. The van der Waals surface area contributed by atoms with Crippen LogP contribution in [0.2, 0.25) is 0 Å². The lowest BCUT2D eigenvalue weighted by molar-refractivity contribution is 0.582. The van der Waals surface area contributed by atoms with E-state index >= 15 is 0 Å². The standard InChI is InChI=1S/C13H20N2O2S/c1-18(16,17)15-9-8-14-10-11-2-4-12(5-3-11)13-6-7-13/h2-5,13-15H,6-10H2,1H3. The summed E-state index contributed by atoms with van der Waals surface area (Å²) in [5, 5.41) is 3.21. The molecule has 0 heterocycles. The third-order valence-corrected chi connectivity index (χ3v) is 3.75. The van der Waals surface area contributed by atoms with Crippen LogP contribution in [0.1, 0.15) is 29.9 Å². The van der Waals surface area contributed by atoms with Crippen LogP contribution in [0.4, 0.5) is 0 Å². The minimum atomic E-state index is -3.07. The molecule has 1 aliphatic carbocycles. The topological polar surface area (TPSA) is 58.2 Å². The summed E-state index contributed by atoms with van der Waals surface area (Å²) in [6, 6.07) is 8.68. The van der Waals surface area contributed by atoms with Gasteiger partial charge < -0.3 is 5.32 Å². The second kappa shape index (κ2) is 5.82. The molecule has 0 bridgehead atoms. The Bertz CT molecular complexity index is 478. The van der Waals surface area contributed by atoms with Crippen molar-refractivity contribution in [3.8, 4) is 0 Å². The molecule has 0 radical (unpaired) electrons. The molecule has 0 atom stereocenters. The maximum absolute atomic E-state index is 10.8. The quantitative estimate of drug-likeness (QED) is 0.731. The molecule has 0 aliphatic heterocycles. The lowest BCUT2D eigenvalue weighted by Crippen LogP contribution is -2.30. The number of rotatable bonds is 7. The normalized spacial score (nSPS) is 15.8. The van der Waals surface area contributed by atoms with Crippen molar-refractivity contribution >= 4 is 10.0 Å². The first-order valence-electron chi connectivity index (χ1n) is 6.29. The number of hydrogen-bond donors (Lipinski definition) is 2. The summed E-state index contributed by atoms with van der Waals surface area (Å²) >= 11 is 0. The molecular weight excluding hydrogens is 248 g/mol. The van der Waals surface area contributed by atoms with Crippen LogP contribution in [0.25, 0.3) is 0 Å². The van der Waals surface area contributed by atoms with Crippen LogP contribution in [-0.4, -0.2) is 27.8 Å². The van der Waals surface area contributed by atoms with Gasteiger partial charge in [0.2, 0.25) is 10.0 Å². The highest BCUT2D eigenvalue weighted by atomic mass is 32.2. The first-order chi connectivity index (χ1) is 8.54. The van der Waals surface area contributed by atoms with Crippen molar-refractivity contribution in [2.75, 3.05) is 19.3 Å². The van der Waals surface area contributed by atoms with E-state index in [1.807, 2.05) is 0 Å². The maximum atomic E-state index is 10.8. The molecule has 0 aromatic heterocycles. The molecule has 0 saturated heterocycles. The van der Waals surface area contributed by atoms with Crippen molar-refractivity contribution in [3.63, 3.8) is 0 Å². The van der Waals surface area contributed by atoms with Gasteiger partial charge in [0.25, 0.3) is 0 Å². The molecule has 2 rings (SSSR count).